The molecular weight excluding hydrogens is 400 g/mol. The zero-order chi connectivity index (χ0) is 21.2. The summed E-state index contributed by atoms with van der Waals surface area (Å²) in [5, 5.41) is 10.9. The molecule has 0 aromatic heterocycles. The van der Waals surface area contributed by atoms with Crippen LogP contribution in [0.5, 0.6) is 5.75 Å². The number of aromatic hydroxyl groups is 1. The molecule has 4 N–H and O–H groups in total. The fourth-order valence-electron chi connectivity index (χ4n) is 3.26. The highest BCUT2D eigenvalue weighted by atomic mass is 35.5. The van der Waals surface area contributed by atoms with Gasteiger partial charge in [-0.2, -0.15) is 4.58 Å². The number of allylic oxidation sites excluding steroid dienone is 1. The minimum absolute atomic E-state index is 0. The summed E-state index contributed by atoms with van der Waals surface area (Å²) in [6, 6.07) is 11.6. The minimum atomic E-state index is -0.338. The second kappa shape index (κ2) is 9.24. The van der Waals surface area contributed by atoms with Crippen LogP contribution in [0, 0.1) is 0 Å². The first kappa shape index (κ1) is 23.3. The van der Waals surface area contributed by atoms with Gasteiger partial charge in [-0.05, 0) is 46.2 Å². The summed E-state index contributed by atoms with van der Waals surface area (Å²) in [6.45, 7) is 10.2. The topological polar surface area (TPSA) is 90.7 Å². The summed E-state index contributed by atoms with van der Waals surface area (Å²) in [7, 11) is 0. The number of hydrogen-bond acceptors (Lipinski definition) is 4. The molecule has 0 saturated carbocycles. The molecule has 0 unspecified atom stereocenters. The quantitative estimate of drug-likeness (QED) is 0.221. The third-order valence-electron chi connectivity index (χ3n) is 4.87. The molecule has 7 heteroatoms. The summed E-state index contributed by atoms with van der Waals surface area (Å²) >= 11 is 0. The highest BCUT2D eigenvalue weighted by molar-refractivity contribution is 6.02. The highest BCUT2D eigenvalue weighted by Crippen LogP contribution is 2.35. The van der Waals surface area contributed by atoms with Gasteiger partial charge in [0.05, 0.1) is 5.56 Å². The van der Waals surface area contributed by atoms with E-state index >= 15 is 0 Å². The zero-order valence-corrected chi connectivity index (χ0v) is 18.3. The lowest BCUT2D eigenvalue weighted by atomic mass is 9.84. The second-order valence-corrected chi connectivity index (χ2v) is 8.08. The van der Waals surface area contributed by atoms with Gasteiger partial charge in [0.1, 0.15) is 18.4 Å². The Bertz CT molecular complexity index is 1040. The van der Waals surface area contributed by atoms with Crippen LogP contribution in [0.3, 0.4) is 0 Å². The van der Waals surface area contributed by atoms with E-state index in [-0.39, 0.29) is 35.9 Å². The molecule has 0 fully saturated rings. The number of rotatable bonds is 5. The Balaban J connectivity index is 0.00000320. The van der Waals surface area contributed by atoms with E-state index in [4.69, 9.17) is 5.84 Å². The number of benzene rings is 2. The fraction of sp³-hybridized carbons (Fsp3) is 0.261. The molecule has 0 atom stereocenters. The van der Waals surface area contributed by atoms with E-state index < -0.39 is 0 Å². The molecule has 3 rings (SSSR count). The minimum Gasteiger partial charge on any atom is -0.507 e. The van der Waals surface area contributed by atoms with Crippen molar-refractivity contribution in [3.05, 3.63) is 65.7 Å². The summed E-state index contributed by atoms with van der Waals surface area (Å²) in [4.78, 5) is 16.5. The van der Waals surface area contributed by atoms with Crippen LogP contribution in [0.2, 0.25) is 0 Å². The van der Waals surface area contributed by atoms with Crippen molar-refractivity contribution < 1.29 is 14.5 Å². The monoisotopic (exact) mass is 427 g/mol. The fourth-order valence-corrected chi connectivity index (χ4v) is 3.26. The largest absolute Gasteiger partial charge is 0.507 e. The van der Waals surface area contributed by atoms with Crippen LogP contribution >= 0.6 is 12.4 Å². The van der Waals surface area contributed by atoms with E-state index in [2.05, 4.69) is 37.8 Å². The van der Waals surface area contributed by atoms with Crippen molar-refractivity contribution in [1.82, 2.24) is 5.43 Å². The number of phenolic OH excluding ortho intramolecular Hbond substituents is 1. The Morgan fingerprint density at radius 1 is 1.30 bits per heavy atom. The van der Waals surface area contributed by atoms with Crippen molar-refractivity contribution in [3.63, 3.8) is 0 Å². The molecule has 0 spiro atoms. The van der Waals surface area contributed by atoms with Crippen molar-refractivity contribution in [3.8, 4) is 5.75 Å². The first-order valence-electron chi connectivity index (χ1n) is 9.52. The maximum Gasteiger partial charge on any atom is 0.314 e. The van der Waals surface area contributed by atoms with Crippen LogP contribution < -0.4 is 11.3 Å². The summed E-state index contributed by atoms with van der Waals surface area (Å²) in [6.07, 6.45) is 4.19. The van der Waals surface area contributed by atoms with E-state index in [0.29, 0.717) is 17.8 Å². The molecule has 0 saturated heterocycles. The van der Waals surface area contributed by atoms with Gasteiger partial charge < -0.3 is 5.11 Å². The Morgan fingerprint density at radius 3 is 2.63 bits per heavy atom. The number of para-hydroxylation sites is 2. The number of amidine groups is 1. The van der Waals surface area contributed by atoms with Gasteiger partial charge in [0.25, 0.3) is 0 Å². The average Bonchev–Trinajstić information content (AvgIpc) is 3.01. The number of carbonyl (C=O) groups excluding carboxylic acids is 1. The van der Waals surface area contributed by atoms with Crippen LogP contribution in [-0.4, -0.2) is 27.6 Å². The van der Waals surface area contributed by atoms with Crippen molar-refractivity contribution in [2.45, 2.75) is 39.0 Å². The maximum absolute atomic E-state index is 11.9. The van der Waals surface area contributed by atoms with E-state index in [1.807, 2.05) is 47.2 Å². The van der Waals surface area contributed by atoms with Crippen LogP contribution in [0.15, 0.2) is 54.0 Å². The van der Waals surface area contributed by atoms with Crippen molar-refractivity contribution in [2.24, 2.45) is 10.8 Å². The molecular formula is C23H28ClN4O2+. The van der Waals surface area contributed by atoms with Crippen LogP contribution in [0.25, 0.3) is 0 Å². The molecule has 6 nitrogen and oxygen atoms in total. The zero-order valence-electron chi connectivity index (χ0n) is 17.5. The van der Waals surface area contributed by atoms with Gasteiger partial charge in [0.15, 0.2) is 5.69 Å². The number of hydrazine groups is 1. The second-order valence-electron chi connectivity index (χ2n) is 8.08. The van der Waals surface area contributed by atoms with Crippen molar-refractivity contribution in [2.75, 3.05) is 0 Å². The van der Waals surface area contributed by atoms with Crippen LogP contribution in [0.4, 0.5) is 11.4 Å². The number of nitrogens with two attached hydrogens (primary N) is 1. The first-order chi connectivity index (χ1) is 13.7. The summed E-state index contributed by atoms with van der Waals surface area (Å²) in [5.41, 5.74) is 6.24. The van der Waals surface area contributed by atoms with E-state index in [0.717, 1.165) is 22.5 Å². The number of hydrogen-bond donors (Lipinski definition) is 3. The van der Waals surface area contributed by atoms with Crippen molar-refractivity contribution in [1.29, 1.82) is 0 Å². The Morgan fingerprint density at radius 2 is 2.00 bits per heavy atom. The molecule has 1 aliphatic rings. The summed E-state index contributed by atoms with van der Waals surface area (Å²) in [5.74, 6) is 5.67. The van der Waals surface area contributed by atoms with E-state index in [9.17, 15) is 9.90 Å². The van der Waals surface area contributed by atoms with E-state index in [1.165, 1.54) is 0 Å². The third kappa shape index (κ3) is 4.78. The predicted octanol–water partition coefficient (Wildman–Crippen LogP) is 4.03. The van der Waals surface area contributed by atoms with Gasteiger partial charge in [-0.1, -0.05) is 45.0 Å². The number of amides is 1. The molecule has 0 radical (unpaired) electrons. The lowest BCUT2D eigenvalue weighted by molar-refractivity contribution is -0.296. The highest BCUT2D eigenvalue weighted by Gasteiger charge is 2.31. The molecule has 158 valence electrons. The number of nitrogens with zero attached hydrogens (tertiary/aromatic N) is 2. The Kier molecular flexibility index (Phi) is 7.18. The normalized spacial score (nSPS) is 14.0. The van der Waals surface area contributed by atoms with Gasteiger partial charge in [0.2, 0.25) is 11.6 Å². The van der Waals surface area contributed by atoms with Gasteiger partial charge in [0, 0.05) is 0 Å². The van der Waals surface area contributed by atoms with Crippen LogP contribution in [-0.2, 0) is 16.6 Å². The first-order valence-corrected chi connectivity index (χ1v) is 9.52. The van der Waals surface area contributed by atoms with Crippen molar-refractivity contribution >= 4 is 41.7 Å². The molecule has 2 aromatic carbocycles. The molecule has 1 heterocycles. The number of aliphatic imine (C=N–C) groups is 1. The van der Waals surface area contributed by atoms with Gasteiger partial charge >= 0.3 is 5.84 Å². The third-order valence-corrected chi connectivity index (χ3v) is 4.87. The number of carbonyl (C=O) groups is 1. The maximum atomic E-state index is 11.9. The predicted molar refractivity (Wildman–Crippen MR) is 124 cm³/mol. The van der Waals surface area contributed by atoms with Gasteiger partial charge in [-0.25, -0.2) is 5.84 Å². The molecule has 0 aliphatic carbocycles. The summed E-state index contributed by atoms with van der Waals surface area (Å²) < 4.78 is 1.84. The number of nitrogens with one attached hydrogen (secondary N) is 1. The number of phenols is 1. The number of fused-ring (bicyclic) bond motifs is 1. The Labute approximate surface area is 183 Å². The standard InChI is InChI=1S/C23H26N4O2.ClH/c1-5-8-15-11-17(23(2,3)4)12-16(22(15)29)14-27-19-10-7-6-9-18(19)25-20(27)13-21(28)26-24;/h5-7,9-12,14H,1,8,13,24H2,2-4H3,(H,26,28);1H/p+1. The molecule has 30 heavy (non-hydrogen) atoms. The number of halogens is 1. The molecule has 1 amide bonds. The van der Waals surface area contributed by atoms with Gasteiger partial charge in [-0.15, -0.1) is 19.0 Å². The molecule has 1 aliphatic heterocycles. The molecule has 0 bridgehead atoms. The SMILES string of the molecule is C=CCc1cc(C(C)(C)C)cc(C=[N+]2C(CC(=O)NN)=Nc3ccccc32)c1O.Cl. The van der Waals surface area contributed by atoms with Gasteiger partial charge in [-0.3, -0.25) is 10.2 Å². The Hall–Kier alpha value is -2.96. The smallest absolute Gasteiger partial charge is 0.314 e. The molecule has 2 aromatic rings. The average molecular weight is 428 g/mol. The lowest BCUT2D eigenvalue weighted by Crippen LogP contribution is -2.33. The van der Waals surface area contributed by atoms with Crippen LogP contribution in [0.1, 0.15) is 43.9 Å². The van der Waals surface area contributed by atoms with E-state index in [1.54, 1.807) is 6.08 Å². The lowest BCUT2D eigenvalue weighted by Gasteiger charge is -2.21.